The molecule has 5 nitrogen and oxygen atoms in total. The predicted molar refractivity (Wildman–Crippen MR) is 78.4 cm³/mol. The number of imidazole rings is 1. The minimum Gasteiger partial charge on any atom is -0.385 e. The van der Waals surface area contributed by atoms with Gasteiger partial charge >= 0.3 is 0 Å². The maximum absolute atomic E-state index is 10.6. The molecule has 0 fully saturated rings. The number of aromatic nitrogens is 4. The molecule has 0 aliphatic heterocycles. The second-order valence-electron chi connectivity index (χ2n) is 4.71. The lowest BCUT2D eigenvalue weighted by Gasteiger charge is -2.23. The highest BCUT2D eigenvalue weighted by molar-refractivity contribution is 7.99. The van der Waals surface area contributed by atoms with Gasteiger partial charge in [-0.25, -0.2) is 15.0 Å². The van der Waals surface area contributed by atoms with Crippen molar-refractivity contribution in [3.05, 3.63) is 48.5 Å². The van der Waals surface area contributed by atoms with Crippen molar-refractivity contribution in [2.75, 3.05) is 5.75 Å². The maximum atomic E-state index is 10.6. The number of fused-ring (bicyclic) bond motifs is 1. The lowest BCUT2D eigenvalue weighted by atomic mass is 9.99. The van der Waals surface area contributed by atoms with Crippen molar-refractivity contribution in [1.82, 2.24) is 19.9 Å². The molecule has 3 rings (SSSR count). The summed E-state index contributed by atoms with van der Waals surface area (Å²) in [4.78, 5) is 15.4. The fourth-order valence-electron chi connectivity index (χ4n) is 1.94. The normalized spacial score (nSPS) is 14.3. The van der Waals surface area contributed by atoms with Crippen molar-refractivity contribution < 1.29 is 5.11 Å². The van der Waals surface area contributed by atoms with Crippen LogP contribution in [0.3, 0.4) is 0 Å². The first-order valence-corrected chi connectivity index (χ1v) is 7.20. The molecule has 0 spiro atoms. The summed E-state index contributed by atoms with van der Waals surface area (Å²) in [5.74, 6) is 0.502. The molecule has 2 aromatic heterocycles. The Hall–Kier alpha value is -1.92. The van der Waals surface area contributed by atoms with Gasteiger partial charge in [0, 0.05) is 5.75 Å². The molecule has 0 amide bonds. The van der Waals surface area contributed by atoms with Gasteiger partial charge in [0.1, 0.15) is 16.9 Å². The lowest BCUT2D eigenvalue weighted by Crippen LogP contribution is -2.24. The van der Waals surface area contributed by atoms with Gasteiger partial charge in [-0.3, -0.25) is 0 Å². The molecule has 20 heavy (non-hydrogen) atoms. The minimum atomic E-state index is -0.913. The molecular formula is C14H14N4OS. The Kier molecular flexibility index (Phi) is 3.42. The smallest absolute Gasteiger partial charge is 0.181 e. The molecule has 0 aliphatic carbocycles. The van der Waals surface area contributed by atoms with Gasteiger partial charge in [0.25, 0.3) is 0 Å². The van der Waals surface area contributed by atoms with Gasteiger partial charge in [-0.2, -0.15) is 0 Å². The summed E-state index contributed by atoms with van der Waals surface area (Å²) < 4.78 is 0. The Morgan fingerprint density at radius 2 is 2.00 bits per heavy atom. The molecule has 102 valence electrons. The van der Waals surface area contributed by atoms with E-state index in [1.807, 2.05) is 30.3 Å². The maximum Gasteiger partial charge on any atom is 0.181 e. The van der Waals surface area contributed by atoms with Gasteiger partial charge in [-0.05, 0) is 12.5 Å². The summed E-state index contributed by atoms with van der Waals surface area (Å²) in [5, 5.41) is 11.4. The largest absolute Gasteiger partial charge is 0.385 e. The quantitative estimate of drug-likeness (QED) is 0.569. The van der Waals surface area contributed by atoms with E-state index in [0.29, 0.717) is 11.4 Å². The van der Waals surface area contributed by atoms with Crippen LogP contribution in [0.2, 0.25) is 0 Å². The van der Waals surface area contributed by atoms with Gasteiger partial charge in [0.15, 0.2) is 5.65 Å². The number of benzene rings is 1. The van der Waals surface area contributed by atoms with Crippen molar-refractivity contribution in [3.8, 4) is 0 Å². The topological polar surface area (TPSA) is 74.7 Å². The molecule has 6 heteroatoms. The number of rotatable bonds is 4. The molecule has 2 N–H and O–H groups in total. The van der Waals surface area contributed by atoms with E-state index in [9.17, 15) is 5.11 Å². The number of nitrogens with one attached hydrogen (secondary N) is 1. The average Bonchev–Trinajstić information content (AvgIpc) is 2.95. The van der Waals surface area contributed by atoms with Crippen LogP contribution in [-0.4, -0.2) is 30.8 Å². The summed E-state index contributed by atoms with van der Waals surface area (Å²) in [7, 11) is 0. The van der Waals surface area contributed by atoms with Crippen molar-refractivity contribution in [2.24, 2.45) is 0 Å². The van der Waals surface area contributed by atoms with E-state index >= 15 is 0 Å². The van der Waals surface area contributed by atoms with Crippen LogP contribution < -0.4 is 0 Å². The van der Waals surface area contributed by atoms with E-state index < -0.39 is 5.60 Å². The summed E-state index contributed by atoms with van der Waals surface area (Å²) in [5.41, 5.74) is 1.43. The monoisotopic (exact) mass is 286 g/mol. The molecule has 2 heterocycles. The van der Waals surface area contributed by atoms with Crippen LogP contribution in [0.1, 0.15) is 12.5 Å². The van der Waals surface area contributed by atoms with E-state index in [0.717, 1.165) is 16.1 Å². The van der Waals surface area contributed by atoms with Gasteiger partial charge < -0.3 is 10.1 Å². The molecule has 0 saturated heterocycles. The van der Waals surface area contributed by atoms with Crippen LogP contribution in [0, 0.1) is 0 Å². The molecule has 1 aromatic carbocycles. The first kappa shape index (κ1) is 13.1. The van der Waals surface area contributed by atoms with Crippen molar-refractivity contribution in [1.29, 1.82) is 0 Å². The van der Waals surface area contributed by atoms with Gasteiger partial charge in [-0.1, -0.05) is 30.3 Å². The predicted octanol–water partition coefficient (Wildman–Crippen LogP) is 2.35. The van der Waals surface area contributed by atoms with E-state index in [1.165, 1.54) is 18.1 Å². The Morgan fingerprint density at radius 3 is 2.80 bits per heavy atom. The van der Waals surface area contributed by atoms with Crippen molar-refractivity contribution >= 4 is 22.9 Å². The number of aliphatic hydroxyl groups is 1. The second-order valence-corrected chi connectivity index (χ2v) is 5.67. The first-order valence-electron chi connectivity index (χ1n) is 6.21. The Balaban J connectivity index is 1.81. The molecule has 0 radical (unpaired) electrons. The highest BCUT2D eigenvalue weighted by Crippen LogP contribution is 2.30. The van der Waals surface area contributed by atoms with Gasteiger partial charge in [0.05, 0.1) is 11.9 Å². The van der Waals surface area contributed by atoms with Crippen molar-refractivity contribution in [2.45, 2.75) is 17.6 Å². The number of nitrogens with zero attached hydrogens (tertiary/aromatic N) is 3. The van der Waals surface area contributed by atoms with Gasteiger partial charge in [0.2, 0.25) is 0 Å². The summed E-state index contributed by atoms with van der Waals surface area (Å²) >= 11 is 1.48. The zero-order valence-corrected chi connectivity index (χ0v) is 11.8. The average molecular weight is 286 g/mol. The molecule has 1 atom stereocenters. The minimum absolute atomic E-state index is 0.502. The van der Waals surface area contributed by atoms with Gasteiger partial charge in [-0.15, -0.1) is 11.8 Å². The third-order valence-corrected chi connectivity index (χ3v) is 4.36. The van der Waals surface area contributed by atoms with E-state index in [-0.39, 0.29) is 0 Å². The molecule has 3 aromatic rings. The fraction of sp³-hybridized carbons (Fsp3) is 0.214. The lowest BCUT2D eigenvalue weighted by molar-refractivity contribution is 0.0839. The van der Waals surface area contributed by atoms with Crippen LogP contribution in [-0.2, 0) is 5.60 Å². The van der Waals surface area contributed by atoms with Crippen LogP contribution in [0.25, 0.3) is 11.2 Å². The van der Waals surface area contributed by atoms with E-state index in [1.54, 1.807) is 13.3 Å². The van der Waals surface area contributed by atoms with Crippen LogP contribution in [0.4, 0.5) is 0 Å². The molecular weight excluding hydrogens is 272 g/mol. The summed E-state index contributed by atoms with van der Waals surface area (Å²) in [6.45, 7) is 1.81. The number of thioether (sulfide) groups is 1. The highest BCUT2D eigenvalue weighted by atomic mass is 32.2. The SMILES string of the molecule is CC(O)(CSc1ncnc2nc[nH]c12)c1ccccc1. The zero-order valence-electron chi connectivity index (χ0n) is 10.9. The second kappa shape index (κ2) is 5.22. The third kappa shape index (κ3) is 2.52. The van der Waals surface area contributed by atoms with Crippen LogP contribution >= 0.6 is 11.8 Å². The number of hydrogen-bond acceptors (Lipinski definition) is 5. The highest BCUT2D eigenvalue weighted by Gasteiger charge is 2.23. The molecule has 0 bridgehead atoms. The summed E-state index contributed by atoms with van der Waals surface area (Å²) in [6, 6.07) is 9.63. The molecule has 0 aliphatic rings. The van der Waals surface area contributed by atoms with Crippen LogP contribution in [0.5, 0.6) is 0 Å². The third-order valence-electron chi connectivity index (χ3n) is 3.07. The van der Waals surface area contributed by atoms with Crippen molar-refractivity contribution in [3.63, 3.8) is 0 Å². The molecule has 0 saturated carbocycles. The standard InChI is InChI=1S/C14H14N4OS/c1-14(19,10-5-3-2-4-6-10)7-20-13-11-12(16-8-15-11)17-9-18-13/h2-6,8-9,19H,7H2,1H3,(H,15,16,17,18). The number of hydrogen-bond donors (Lipinski definition) is 2. The summed E-state index contributed by atoms with van der Waals surface area (Å²) in [6.07, 6.45) is 3.08. The Bertz CT molecular complexity index is 711. The van der Waals surface area contributed by atoms with E-state index in [2.05, 4.69) is 19.9 Å². The zero-order chi connectivity index (χ0) is 14.0. The number of H-pyrrole nitrogens is 1. The fourth-order valence-corrected chi connectivity index (χ4v) is 2.94. The first-order chi connectivity index (χ1) is 9.67. The number of aromatic amines is 1. The Morgan fingerprint density at radius 1 is 1.20 bits per heavy atom. The molecule has 1 unspecified atom stereocenters. The Labute approximate surface area is 120 Å². The van der Waals surface area contributed by atoms with E-state index in [4.69, 9.17) is 0 Å². The van der Waals surface area contributed by atoms with Crippen LogP contribution in [0.15, 0.2) is 48.0 Å².